The summed E-state index contributed by atoms with van der Waals surface area (Å²) in [6, 6.07) is 1.88. The van der Waals surface area contributed by atoms with Crippen LogP contribution < -0.4 is 0 Å². The normalized spacial score (nSPS) is 30.4. The molecule has 2 heteroatoms. The Labute approximate surface area is 60.8 Å². The van der Waals surface area contributed by atoms with Gasteiger partial charge < -0.3 is 0 Å². The summed E-state index contributed by atoms with van der Waals surface area (Å²) >= 11 is 0. The molecule has 0 aliphatic heterocycles. The van der Waals surface area contributed by atoms with Gasteiger partial charge in [-0.25, -0.2) is 0 Å². The van der Waals surface area contributed by atoms with Gasteiger partial charge in [-0.15, -0.1) is 0 Å². The molecule has 1 saturated carbocycles. The van der Waals surface area contributed by atoms with Crippen LogP contribution in [0.5, 0.6) is 0 Å². The van der Waals surface area contributed by atoms with Crippen LogP contribution in [0.25, 0.3) is 0 Å². The number of nitriles is 1. The Kier molecular flexibility index (Phi) is 2.06. The van der Waals surface area contributed by atoms with E-state index in [9.17, 15) is 4.79 Å². The number of nitrogens with zero attached hydrogens (tertiary/aromatic N) is 1. The van der Waals surface area contributed by atoms with Gasteiger partial charge in [-0.3, -0.25) is 4.79 Å². The van der Waals surface area contributed by atoms with Crippen molar-refractivity contribution in [3.63, 3.8) is 0 Å². The van der Waals surface area contributed by atoms with Crippen LogP contribution in [0.1, 0.15) is 26.2 Å². The molecule has 0 aromatic heterocycles. The Morgan fingerprint density at radius 2 is 2.30 bits per heavy atom. The van der Waals surface area contributed by atoms with E-state index in [1.54, 1.807) is 0 Å². The van der Waals surface area contributed by atoms with Gasteiger partial charge in [0.25, 0.3) is 0 Å². The lowest BCUT2D eigenvalue weighted by Crippen LogP contribution is -2.28. The summed E-state index contributed by atoms with van der Waals surface area (Å²) in [4.78, 5) is 10.9. The number of hydrogen-bond acceptors (Lipinski definition) is 2. The third-order valence-electron chi connectivity index (χ3n) is 2.08. The first kappa shape index (κ1) is 7.27. The highest BCUT2D eigenvalue weighted by atomic mass is 16.1. The van der Waals surface area contributed by atoms with Crippen molar-refractivity contribution < 1.29 is 4.79 Å². The van der Waals surface area contributed by atoms with E-state index in [1.807, 2.05) is 6.07 Å². The smallest absolute Gasteiger partial charge is 0.149 e. The Balaban J connectivity index is 2.26. The third-order valence-corrected chi connectivity index (χ3v) is 2.08. The van der Waals surface area contributed by atoms with E-state index < -0.39 is 0 Å². The fraction of sp³-hybridized carbons (Fsp3) is 0.750. The van der Waals surface area contributed by atoms with Gasteiger partial charge in [0.15, 0.2) is 0 Å². The molecule has 1 rings (SSSR count). The van der Waals surface area contributed by atoms with Gasteiger partial charge in [0.1, 0.15) is 5.78 Å². The number of hydrogen-bond donors (Lipinski definition) is 0. The van der Waals surface area contributed by atoms with Crippen LogP contribution in [0.3, 0.4) is 0 Å². The second-order valence-corrected chi connectivity index (χ2v) is 3.07. The summed E-state index contributed by atoms with van der Waals surface area (Å²) in [6.07, 6.45) is 2.11. The molecule has 0 aromatic carbocycles. The molecular formula is C8H11NO. The van der Waals surface area contributed by atoms with Crippen LogP contribution in [-0.4, -0.2) is 5.78 Å². The maximum absolute atomic E-state index is 10.9. The van der Waals surface area contributed by atoms with Crippen molar-refractivity contribution in [2.24, 2.45) is 11.8 Å². The van der Waals surface area contributed by atoms with Crippen molar-refractivity contribution in [3.8, 4) is 6.07 Å². The van der Waals surface area contributed by atoms with E-state index in [2.05, 4.69) is 6.92 Å². The van der Waals surface area contributed by atoms with Crippen molar-refractivity contribution in [2.45, 2.75) is 26.2 Å². The summed E-state index contributed by atoms with van der Waals surface area (Å²) in [5.41, 5.74) is 0. The summed E-state index contributed by atoms with van der Waals surface area (Å²) in [7, 11) is 0. The summed E-state index contributed by atoms with van der Waals surface area (Å²) in [5, 5.41) is 8.20. The fourth-order valence-corrected chi connectivity index (χ4v) is 1.39. The van der Waals surface area contributed by atoms with E-state index in [0.717, 1.165) is 12.8 Å². The molecule has 2 nitrogen and oxygen atoms in total. The Hall–Kier alpha value is -0.840. The second kappa shape index (κ2) is 2.83. The average molecular weight is 137 g/mol. The predicted octanol–water partition coefficient (Wildman–Crippen LogP) is 1.52. The maximum atomic E-state index is 10.9. The van der Waals surface area contributed by atoms with Gasteiger partial charge in [-0.05, 0) is 18.8 Å². The number of ketones is 1. The molecule has 1 fully saturated rings. The van der Waals surface area contributed by atoms with Gasteiger partial charge in [0, 0.05) is 5.92 Å². The van der Waals surface area contributed by atoms with Crippen LogP contribution in [-0.2, 0) is 4.79 Å². The number of carbonyl (C=O) groups excluding carboxylic acids is 1. The van der Waals surface area contributed by atoms with Crippen LogP contribution in [0.15, 0.2) is 0 Å². The first-order valence-electron chi connectivity index (χ1n) is 3.63. The van der Waals surface area contributed by atoms with Gasteiger partial charge in [-0.2, -0.15) is 5.26 Å². The third kappa shape index (κ3) is 1.36. The largest absolute Gasteiger partial charge is 0.298 e. The zero-order valence-electron chi connectivity index (χ0n) is 6.13. The molecule has 0 amide bonds. The molecule has 1 aliphatic carbocycles. The van der Waals surface area contributed by atoms with E-state index in [0.29, 0.717) is 5.92 Å². The minimum Gasteiger partial charge on any atom is -0.298 e. The summed E-state index contributed by atoms with van der Waals surface area (Å²) in [6.45, 7) is 2.14. The predicted molar refractivity (Wildman–Crippen MR) is 37.1 cm³/mol. The molecule has 0 unspecified atom stereocenters. The zero-order chi connectivity index (χ0) is 7.56. The molecule has 0 bridgehead atoms. The standard InChI is InChI=1S/C8H11NO/c1-6-4-7(5-6)8(10)2-3-9/h6-7H,2,4-5H2,1H3/t6-,7-. The minimum atomic E-state index is 0.109. The van der Waals surface area contributed by atoms with E-state index in [4.69, 9.17) is 5.26 Å². The Bertz CT molecular complexity index is 174. The number of carbonyl (C=O) groups is 1. The van der Waals surface area contributed by atoms with E-state index in [-0.39, 0.29) is 18.1 Å². The Morgan fingerprint density at radius 3 is 2.70 bits per heavy atom. The van der Waals surface area contributed by atoms with Crippen molar-refractivity contribution >= 4 is 5.78 Å². The topological polar surface area (TPSA) is 40.9 Å². The van der Waals surface area contributed by atoms with E-state index in [1.165, 1.54) is 0 Å². The molecule has 0 aromatic rings. The average Bonchev–Trinajstić information content (AvgIpc) is 1.82. The quantitative estimate of drug-likeness (QED) is 0.579. The highest BCUT2D eigenvalue weighted by Crippen LogP contribution is 2.34. The molecule has 0 heterocycles. The molecule has 0 N–H and O–H groups in total. The van der Waals surface area contributed by atoms with Crippen molar-refractivity contribution in [3.05, 3.63) is 0 Å². The highest BCUT2D eigenvalue weighted by Gasteiger charge is 2.30. The van der Waals surface area contributed by atoms with Crippen molar-refractivity contribution in [2.75, 3.05) is 0 Å². The molecule has 1 aliphatic rings. The first-order valence-corrected chi connectivity index (χ1v) is 3.63. The lowest BCUT2D eigenvalue weighted by atomic mass is 9.73. The lowest BCUT2D eigenvalue weighted by molar-refractivity contribution is -0.125. The number of Topliss-reactive ketones (excluding diaryl/α,β-unsaturated/α-hetero) is 1. The molecule has 0 spiro atoms. The minimum absolute atomic E-state index is 0.109. The van der Waals surface area contributed by atoms with Crippen molar-refractivity contribution in [1.82, 2.24) is 0 Å². The number of rotatable bonds is 2. The fourth-order valence-electron chi connectivity index (χ4n) is 1.39. The SMILES string of the molecule is C[C@H]1C[C@H](C(=O)CC#N)C1. The first-order chi connectivity index (χ1) is 4.74. The molecule has 0 atom stereocenters. The maximum Gasteiger partial charge on any atom is 0.149 e. The molecule has 0 radical (unpaired) electrons. The van der Waals surface area contributed by atoms with Crippen LogP contribution in [0, 0.1) is 23.2 Å². The van der Waals surface area contributed by atoms with Gasteiger partial charge >= 0.3 is 0 Å². The van der Waals surface area contributed by atoms with Crippen molar-refractivity contribution in [1.29, 1.82) is 5.26 Å². The summed E-state index contributed by atoms with van der Waals surface area (Å²) < 4.78 is 0. The highest BCUT2D eigenvalue weighted by molar-refractivity contribution is 5.83. The summed E-state index contributed by atoms with van der Waals surface area (Å²) in [5.74, 6) is 1.06. The van der Waals surface area contributed by atoms with Gasteiger partial charge in [-0.1, -0.05) is 6.92 Å². The van der Waals surface area contributed by atoms with Crippen LogP contribution in [0.2, 0.25) is 0 Å². The lowest BCUT2D eigenvalue weighted by Gasteiger charge is -2.30. The van der Waals surface area contributed by atoms with Crippen LogP contribution >= 0.6 is 0 Å². The van der Waals surface area contributed by atoms with Crippen LogP contribution in [0.4, 0.5) is 0 Å². The molecule has 54 valence electrons. The molecule has 10 heavy (non-hydrogen) atoms. The molecular weight excluding hydrogens is 126 g/mol. The van der Waals surface area contributed by atoms with Gasteiger partial charge in [0.05, 0.1) is 12.5 Å². The monoisotopic (exact) mass is 137 g/mol. The zero-order valence-corrected chi connectivity index (χ0v) is 6.13. The Morgan fingerprint density at radius 1 is 1.70 bits per heavy atom. The second-order valence-electron chi connectivity index (χ2n) is 3.07. The van der Waals surface area contributed by atoms with Gasteiger partial charge in [0.2, 0.25) is 0 Å². The molecule has 0 saturated heterocycles. The van der Waals surface area contributed by atoms with E-state index >= 15 is 0 Å².